The normalized spacial score (nSPS) is 13.4. The van der Waals surface area contributed by atoms with Crippen molar-refractivity contribution < 1.29 is 34.2 Å². The van der Waals surface area contributed by atoms with E-state index in [9.17, 15) is 29.1 Å². The molecule has 0 aromatic heterocycles. The molecule has 1 rings (SSSR count). The first kappa shape index (κ1) is 25.9. The number of benzene rings is 1. The number of rotatable bonds is 13. The van der Waals surface area contributed by atoms with Crippen molar-refractivity contribution in [2.75, 3.05) is 12.3 Å². The largest absolute Gasteiger partial charge is 0.481 e. The second kappa shape index (κ2) is 13.2. The van der Waals surface area contributed by atoms with E-state index < -0.39 is 54.2 Å². The summed E-state index contributed by atoms with van der Waals surface area (Å²) in [7, 11) is 0. The average Bonchev–Trinajstić information content (AvgIpc) is 2.74. The molecule has 0 aliphatic rings. The van der Waals surface area contributed by atoms with E-state index in [1.807, 2.05) is 0 Å². The Morgan fingerprint density at radius 3 is 2.00 bits per heavy atom. The van der Waals surface area contributed by atoms with Gasteiger partial charge in [-0.25, -0.2) is 4.79 Å². The highest BCUT2D eigenvalue weighted by Crippen LogP contribution is 2.06. The van der Waals surface area contributed by atoms with Crippen LogP contribution in [0.5, 0.6) is 0 Å². The number of carbonyl (C=O) groups excluding carboxylic acids is 3. The van der Waals surface area contributed by atoms with E-state index in [4.69, 9.17) is 10.8 Å². The van der Waals surface area contributed by atoms with Crippen molar-refractivity contribution in [3.05, 3.63) is 35.9 Å². The van der Waals surface area contributed by atoms with E-state index in [2.05, 4.69) is 28.6 Å². The highest BCUT2D eigenvalue weighted by atomic mass is 32.1. The standard InChI is InChI=1S/C19H26N4O7S/c20-9-15(24)21-14(10-31)18(28)22-12(6-7-16(25)26)17(27)23-13(19(29)30)8-11-4-2-1-3-5-11/h1-5,12-14,31H,6-10,20H2,(H,21,24)(H,22,28)(H,23,27)(H,25,26)(H,29,30). The lowest BCUT2D eigenvalue weighted by Crippen LogP contribution is -2.57. The topological polar surface area (TPSA) is 188 Å². The molecular formula is C19H26N4O7S. The first-order valence-electron chi connectivity index (χ1n) is 9.37. The van der Waals surface area contributed by atoms with E-state index in [-0.39, 0.29) is 25.1 Å². The highest BCUT2D eigenvalue weighted by Gasteiger charge is 2.29. The third-order valence-corrected chi connectivity index (χ3v) is 4.56. The zero-order chi connectivity index (χ0) is 23.4. The van der Waals surface area contributed by atoms with Crippen LogP contribution in [0, 0.1) is 0 Å². The number of nitrogens with one attached hydrogen (secondary N) is 3. The number of carboxylic acids is 2. The number of carboxylic acid groups (broad SMARTS) is 2. The van der Waals surface area contributed by atoms with E-state index in [1.54, 1.807) is 30.3 Å². The van der Waals surface area contributed by atoms with Crippen molar-refractivity contribution in [3.63, 3.8) is 0 Å². The fourth-order valence-electron chi connectivity index (χ4n) is 2.58. The molecule has 0 saturated heterocycles. The van der Waals surface area contributed by atoms with E-state index in [0.29, 0.717) is 5.56 Å². The number of hydrogen-bond acceptors (Lipinski definition) is 7. The first-order valence-corrected chi connectivity index (χ1v) is 10.0. The number of carbonyl (C=O) groups is 5. The molecule has 0 aliphatic carbocycles. The number of thiol groups is 1. The summed E-state index contributed by atoms with van der Waals surface area (Å²) in [5, 5.41) is 25.4. The minimum absolute atomic E-state index is 0.00661. The molecule has 170 valence electrons. The fraction of sp³-hybridized carbons (Fsp3) is 0.421. The van der Waals surface area contributed by atoms with Gasteiger partial charge in [0, 0.05) is 18.6 Å². The van der Waals surface area contributed by atoms with Crippen LogP contribution >= 0.6 is 12.6 Å². The van der Waals surface area contributed by atoms with Gasteiger partial charge in [0.05, 0.1) is 6.54 Å². The monoisotopic (exact) mass is 454 g/mol. The van der Waals surface area contributed by atoms with Gasteiger partial charge in [-0.2, -0.15) is 12.6 Å². The molecule has 0 aliphatic heterocycles. The minimum Gasteiger partial charge on any atom is -0.481 e. The summed E-state index contributed by atoms with van der Waals surface area (Å²) in [6, 6.07) is 4.86. The molecule has 1 aromatic rings. The molecule has 11 nitrogen and oxygen atoms in total. The Balaban J connectivity index is 2.92. The average molecular weight is 455 g/mol. The van der Waals surface area contributed by atoms with Gasteiger partial charge in [0.15, 0.2) is 0 Å². The Bertz CT molecular complexity index is 791. The SMILES string of the molecule is NCC(=O)NC(CS)C(=O)NC(CCC(=O)O)C(=O)NC(Cc1ccccc1)C(=O)O. The summed E-state index contributed by atoms with van der Waals surface area (Å²) >= 11 is 3.98. The van der Waals surface area contributed by atoms with Crippen LogP contribution in [-0.2, 0) is 30.4 Å². The van der Waals surface area contributed by atoms with Crippen LogP contribution in [0.2, 0.25) is 0 Å². The van der Waals surface area contributed by atoms with Gasteiger partial charge in [0.2, 0.25) is 17.7 Å². The summed E-state index contributed by atoms with van der Waals surface area (Å²) < 4.78 is 0. The zero-order valence-electron chi connectivity index (χ0n) is 16.6. The lowest BCUT2D eigenvalue weighted by atomic mass is 10.0. The lowest BCUT2D eigenvalue weighted by molar-refractivity contribution is -0.143. The second-order valence-electron chi connectivity index (χ2n) is 6.59. The van der Waals surface area contributed by atoms with Gasteiger partial charge in [-0.3, -0.25) is 19.2 Å². The molecule has 0 spiro atoms. The van der Waals surface area contributed by atoms with Gasteiger partial charge in [0.25, 0.3) is 0 Å². The Morgan fingerprint density at radius 2 is 1.48 bits per heavy atom. The van der Waals surface area contributed by atoms with Crippen molar-refractivity contribution >= 4 is 42.3 Å². The van der Waals surface area contributed by atoms with Crippen LogP contribution in [0.4, 0.5) is 0 Å². The Morgan fingerprint density at radius 1 is 0.903 bits per heavy atom. The van der Waals surface area contributed by atoms with E-state index in [0.717, 1.165) is 0 Å². The van der Waals surface area contributed by atoms with Gasteiger partial charge < -0.3 is 31.9 Å². The van der Waals surface area contributed by atoms with Gasteiger partial charge in [0.1, 0.15) is 18.1 Å². The molecule has 7 N–H and O–H groups in total. The minimum atomic E-state index is -1.33. The lowest BCUT2D eigenvalue weighted by Gasteiger charge is -2.23. The molecule has 12 heteroatoms. The second-order valence-corrected chi connectivity index (χ2v) is 6.95. The van der Waals surface area contributed by atoms with Crippen LogP contribution in [0.1, 0.15) is 18.4 Å². The van der Waals surface area contributed by atoms with E-state index in [1.165, 1.54) is 0 Å². The van der Waals surface area contributed by atoms with Gasteiger partial charge >= 0.3 is 11.9 Å². The zero-order valence-corrected chi connectivity index (χ0v) is 17.5. The molecule has 0 radical (unpaired) electrons. The summed E-state index contributed by atoms with van der Waals surface area (Å²) in [5.41, 5.74) is 5.87. The van der Waals surface area contributed by atoms with Crippen molar-refractivity contribution in [3.8, 4) is 0 Å². The van der Waals surface area contributed by atoms with Gasteiger partial charge in [-0.05, 0) is 12.0 Å². The smallest absolute Gasteiger partial charge is 0.326 e. The predicted octanol–water partition coefficient (Wildman–Crippen LogP) is -1.48. The Kier molecular flexibility index (Phi) is 11.1. The molecular weight excluding hydrogens is 428 g/mol. The Labute approximate surface area is 184 Å². The quantitative estimate of drug-likeness (QED) is 0.176. The third kappa shape index (κ3) is 9.49. The van der Waals surface area contributed by atoms with Crippen LogP contribution in [0.15, 0.2) is 30.3 Å². The molecule has 0 saturated carbocycles. The summed E-state index contributed by atoms with van der Waals surface area (Å²) in [4.78, 5) is 59.1. The molecule has 0 bridgehead atoms. The first-order chi connectivity index (χ1) is 14.7. The van der Waals surface area contributed by atoms with E-state index >= 15 is 0 Å². The summed E-state index contributed by atoms with van der Waals surface area (Å²) in [5.74, 6) is -4.85. The molecule has 0 fully saturated rings. The molecule has 0 heterocycles. The molecule has 3 unspecified atom stereocenters. The third-order valence-electron chi connectivity index (χ3n) is 4.20. The van der Waals surface area contributed by atoms with Crippen LogP contribution in [0.25, 0.3) is 0 Å². The number of nitrogens with two attached hydrogens (primary N) is 1. The molecule has 3 atom stereocenters. The Hall–Kier alpha value is -3.12. The van der Waals surface area contributed by atoms with Crippen LogP contribution < -0.4 is 21.7 Å². The summed E-state index contributed by atoms with van der Waals surface area (Å²) in [6.45, 7) is -0.361. The molecule has 1 aromatic carbocycles. The maximum absolute atomic E-state index is 12.7. The van der Waals surface area contributed by atoms with Crippen LogP contribution in [0.3, 0.4) is 0 Å². The van der Waals surface area contributed by atoms with Gasteiger partial charge in [-0.15, -0.1) is 0 Å². The van der Waals surface area contributed by atoms with Crippen molar-refractivity contribution in [1.29, 1.82) is 0 Å². The van der Waals surface area contributed by atoms with Crippen molar-refractivity contribution in [1.82, 2.24) is 16.0 Å². The number of hydrogen-bond donors (Lipinski definition) is 7. The maximum atomic E-state index is 12.7. The fourth-order valence-corrected chi connectivity index (χ4v) is 2.84. The molecule has 3 amide bonds. The molecule has 31 heavy (non-hydrogen) atoms. The van der Waals surface area contributed by atoms with Gasteiger partial charge in [-0.1, -0.05) is 30.3 Å². The predicted molar refractivity (Wildman–Crippen MR) is 113 cm³/mol. The summed E-state index contributed by atoms with van der Waals surface area (Å²) in [6.07, 6.45) is -0.739. The van der Waals surface area contributed by atoms with Crippen molar-refractivity contribution in [2.45, 2.75) is 37.4 Å². The van der Waals surface area contributed by atoms with Crippen molar-refractivity contribution in [2.24, 2.45) is 5.73 Å². The number of aliphatic carboxylic acids is 2. The highest BCUT2D eigenvalue weighted by molar-refractivity contribution is 7.80. The maximum Gasteiger partial charge on any atom is 0.326 e. The van der Waals surface area contributed by atoms with Crippen LogP contribution in [-0.4, -0.2) is 70.3 Å². The number of amides is 3.